The van der Waals surface area contributed by atoms with E-state index in [4.69, 9.17) is 0 Å². The highest BCUT2D eigenvalue weighted by molar-refractivity contribution is 7.15. The second-order valence-electron chi connectivity index (χ2n) is 7.14. The first-order valence-corrected chi connectivity index (χ1v) is 9.80. The Morgan fingerprint density at radius 3 is 2.73 bits per heavy atom. The van der Waals surface area contributed by atoms with Gasteiger partial charge in [-0.3, -0.25) is 14.7 Å². The number of hydrogen-bond donors (Lipinski definition) is 1. The van der Waals surface area contributed by atoms with E-state index in [2.05, 4.69) is 58.1 Å². The highest BCUT2D eigenvalue weighted by Gasteiger charge is 2.25. The minimum Gasteiger partial charge on any atom is -0.302 e. The van der Waals surface area contributed by atoms with E-state index in [9.17, 15) is 4.79 Å². The number of piperazine rings is 1. The van der Waals surface area contributed by atoms with Crippen LogP contribution in [-0.4, -0.2) is 58.4 Å². The predicted octanol–water partition coefficient (Wildman–Crippen LogP) is 2.47. The first-order chi connectivity index (χ1) is 12.4. The van der Waals surface area contributed by atoms with Crippen molar-refractivity contribution in [2.45, 2.75) is 39.8 Å². The van der Waals surface area contributed by atoms with Gasteiger partial charge in [0.2, 0.25) is 5.91 Å². The van der Waals surface area contributed by atoms with Crippen molar-refractivity contribution in [1.29, 1.82) is 0 Å². The monoisotopic (exact) mass is 373 g/mol. The second-order valence-corrected chi connectivity index (χ2v) is 8.26. The summed E-state index contributed by atoms with van der Waals surface area (Å²) in [6, 6.07) is 4.89. The molecule has 1 atom stereocenters. The van der Waals surface area contributed by atoms with Crippen molar-refractivity contribution in [1.82, 2.24) is 19.8 Å². The Kier molecular flexibility index (Phi) is 6.01. The number of thiazole rings is 1. The maximum Gasteiger partial charge on any atom is 0.223 e. The Morgan fingerprint density at radius 2 is 2.04 bits per heavy atom. The van der Waals surface area contributed by atoms with Crippen molar-refractivity contribution in [3.8, 4) is 0 Å². The number of carbonyl (C=O) groups excluding carboxylic acids is 1. The Morgan fingerprint density at radius 1 is 1.31 bits per heavy atom. The molecule has 0 aliphatic carbocycles. The zero-order valence-corrected chi connectivity index (χ0v) is 16.8. The largest absolute Gasteiger partial charge is 0.302 e. The third kappa shape index (κ3) is 5.09. The van der Waals surface area contributed by atoms with E-state index in [0.717, 1.165) is 44.0 Å². The quantitative estimate of drug-likeness (QED) is 0.872. The molecule has 26 heavy (non-hydrogen) atoms. The third-order valence-corrected chi connectivity index (χ3v) is 5.59. The predicted molar refractivity (Wildman–Crippen MR) is 106 cm³/mol. The summed E-state index contributed by atoms with van der Waals surface area (Å²) in [4.78, 5) is 26.0. The second kappa shape index (κ2) is 8.24. The minimum atomic E-state index is -0.0755. The van der Waals surface area contributed by atoms with Gasteiger partial charge in [0, 0.05) is 61.6 Å². The molecule has 1 aliphatic rings. The lowest BCUT2D eigenvalue weighted by Gasteiger charge is -2.39. The van der Waals surface area contributed by atoms with Gasteiger partial charge in [-0.1, -0.05) is 0 Å². The van der Waals surface area contributed by atoms with Gasteiger partial charge in [-0.05, 0) is 45.0 Å². The number of pyridine rings is 1. The molecule has 0 aromatic carbocycles. The van der Waals surface area contributed by atoms with Gasteiger partial charge in [0.1, 0.15) is 0 Å². The molecule has 1 unspecified atom stereocenters. The molecular weight excluding hydrogens is 346 g/mol. The summed E-state index contributed by atoms with van der Waals surface area (Å²) >= 11 is 1.56. The maximum atomic E-state index is 11.1. The van der Waals surface area contributed by atoms with Gasteiger partial charge in [-0.2, -0.15) is 0 Å². The number of nitrogens with zero attached hydrogens (tertiary/aromatic N) is 4. The Bertz CT molecular complexity index is 755. The number of likely N-dealkylation sites (N-methyl/N-ethyl adjacent to an activating group) is 1. The van der Waals surface area contributed by atoms with Crippen molar-refractivity contribution in [2.75, 3.05) is 32.0 Å². The lowest BCUT2D eigenvalue weighted by atomic mass is 10.0. The van der Waals surface area contributed by atoms with E-state index in [-0.39, 0.29) is 5.91 Å². The summed E-state index contributed by atoms with van der Waals surface area (Å²) in [5, 5.41) is 3.44. The fraction of sp³-hybridized carbons (Fsp3) is 0.526. The van der Waals surface area contributed by atoms with Crippen LogP contribution >= 0.6 is 11.3 Å². The molecule has 0 spiro atoms. The Balaban J connectivity index is 1.62. The molecule has 3 heterocycles. The van der Waals surface area contributed by atoms with Crippen molar-refractivity contribution >= 4 is 22.4 Å². The van der Waals surface area contributed by atoms with Crippen molar-refractivity contribution < 1.29 is 4.79 Å². The number of hydrogen-bond acceptors (Lipinski definition) is 6. The molecule has 2 aromatic rings. The van der Waals surface area contributed by atoms with Crippen LogP contribution in [0.15, 0.2) is 18.3 Å². The first-order valence-electron chi connectivity index (χ1n) is 8.98. The van der Waals surface area contributed by atoms with E-state index >= 15 is 0 Å². The number of aryl methyl sites for hydroxylation is 2. The zero-order valence-electron chi connectivity index (χ0n) is 16.0. The summed E-state index contributed by atoms with van der Waals surface area (Å²) in [7, 11) is 2.21. The normalized spacial score (nSPS) is 18.8. The average molecular weight is 374 g/mol. The fourth-order valence-corrected chi connectivity index (χ4v) is 4.40. The van der Waals surface area contributed by atoms with Crippen LogP contribution in [-0.2, 0) is 17.8 Å². The smallest absolute Gasteiger partial charge is 0.223 e. The molecule has 6 nitrogen and oxygen atoms in total. The van der Waals surface area contributed by atoms with Crippen molar-refractivity contribution in [2.24, 2.45) is 0 Å². The van der Waals surface area contributed by atoms with Crippen LogP contribution in [0.25, 0.3) is 0 Å². The molecule has 0 bridgehead atoms. The number of anilines is 1. The van der Waals surface area contributed by atoms with Crippen molar-refractivity contribution in [3.05, 3.63) is 40.2 Å². The number of nitrogens with one attached hydrogen (secondary N) is 1. The van der Waals surface area contributed by atoms with E-state index in [0.29, 0.717) is 11.2 Å². The van der Waals surface area contributed by atoms with Crippen LogP contribution in [0.2, 0.25) is 0 Å². The van der Waals surface area contributed by atoms with Gasteiger partial charge < -0.3 is 10.2 Å². The fourth-order valence-electron chi connectivity index (χ4n) is 3.49. The summed E-state index contributed by atoms with van der Waals surface area (Å²) in [6.07, 6.45) is 2.91. The molecule has 1 amide bonds. The highest BCUT2D eigenvalue weighted by Crippen LogP contribution is 2.22. The molecule has 7 heteroatoms. The molecule has 3 rings (SSSR count). The lowest BCUT2D eigenvalue weighted by molar-refractivity contribution is -0.114. The summed E-state index contributed by atoms with van der Waals surface area (Å²) in [6.45, 7) is 9.66. The molecule has 1 aliphatic heterocycles. The van der Waals surface area contributed by atoms with Crippen molar-refractivity contribution in [3.63, 3.8) is 0 Å². The van der Waals surface area contributed by atoms with Crippen LogP contribution in [0.3, 0.4) is 0 Å². The number of rotatable bonds is 5. The van der Waals surface area contributed by atoms with Crippen LogP contribution in [0.1, 0.15) is 28.8 Å². The van der Waals surface area contributed by atoms with Crippen LogP contribution in [0, 0.1) is 13.8 Å². The zero-order chi connectivity index (χ0) is 18.7. The van der Waals surface area contributed by atoms with E-state index in [1.807, 2.05) is 6.20 Å². The summed E-state index contributed by atoms with van der Waals surface area (Å²) < 4.78 is 0. The van der Waals surface area contributed by atoms with Crippen LogP contribution in [0.4, 0.5) is 5.13 Å². The standard InChI is InChI=1S/C19H27N5OS/c1-13-7-16(8-14(2)21-13)9-17-11-24(6-5-23(17)4)12-18-10-20-19(26-18)22-15(3)25/h7-8,10,17H,5-6,9,11-12H2,1-4H3,(H,20,22,25). The van der Waals surface area contributed by atoms with E-state index in [1.54, 1.807) is 11.3 Å². The molecule has 2 aromatic heterocycles. The highest BCUT2D eigenvalue weighted by atomic mass is 32.1. The van der Waals surface area contributed by atoms with Gasteiger partial charge in [0.15, 0.2) is 5.13 Å². The molecule has 0 radical (unpaired) electrons. The first kappa shape index (κ1) is 18.9. The summed E-state index contributed by atoms with van der Waals surface area (Å²) in [5.41, 5.74) is 3.54. The van der Waals surface area contributed by atoms with Gasteiger partial charge in [-0.15, -0.1) is 11.3 Å². The molecule has 140 valence electrons. The topological polar surface area (TPSA) is 61.4 Å². The van der Waals surface area contributed by atoms with Gasteiger partial charge in [0.25, 0.3) is 0 Å². The van der Waals surface area contributed by atoms with Crippen LogP contribution in [0.5, 0.6) is 0 Å². The molecule has 1 fully saturated rings. The number of aromatic nitrogens is 2. The molecular formula is C19H27N5OS. The third-order valence-electron chi connectivity index (χ3n) is 4.69. The molecule has 1 N–H and O–H groups in total. The van der Waals surface area contributed by atoms with E-state index in [1.165, 1.54) is 17.4 Å². The lowest BCUT2D eigenvalue weighted by Crippen LogP contribution is -2.51. The molecule has 1 saturated heterocycles. The Labute approximate surface area is 159 Å². The van der Waals surface area contributed by atoms with Gasteiger partial charge in [-0.25, -0.2) is 4.98 Å². The van der Waals surface area contributed by atoms with E-state index < -0.39 is 0 Å². The average Bonchev–Trinajstić information content (AvgIpc) is 2.96. The van der Waals surface area contributed by atoms with Gasteiger partial charge >= 0.3 is 0 Å². The minimum absolute atomic E-state index is 0.0755. The SMILES string of the molecule is CC(=O)Nc1ncc(CN2CCN(C)C(Cc3cc(C)nc(C)c3)C2)s1. The molecule has 0 saturated carbocycles. The summed E-state index contributed by atoms with van der Waals surface area (Å²) in [5.74, 6) is -0.0755. The Hall–Kier alpha value is -1.83. The van der Waals surface area contributed by atoms with Crippen LogP contribution < -0.4 is 5.32 Å². The maximum absolute atomic E-state index is 11.1. The number of amides is 1. The number of carbonyl (C=O) groups is 1. The van der Waals surface area contributed by atoms with Gasteiger partial charge in [0.05, 0.1) is 0 Å².